The predicted molar refractivity (Wildman–Crippen MR) is 105 cm³/mol. The highest BCUT2D eigenvalue weighted by molar-refractivity contribution is 9.10. The molecule has 6 nitrogen and oxygen atoms in total. The van der Waals surface area contributed by atoms with E-state index < -0.39 is 21.7 Å². The lowest BCUT2D eigenvalue weighted by Gasteiger charge is -2.12. The highest BCUT2D eigenvalue weighted by Gasteiger charge is 2.15. The van der Waals surface area contributed by atoms with Crippen molar-refractivity contribution in [2.75, 3.05) is 18.5 Å². The number of carbonyl (C=O) groups is 1. The molecule has 0 aliphatic heterocycles. The third-order valence-electron chi connectivity index (χ3n) is 3.56. The average Bonchev–Trinajstić information content (AvgIpc) is 2.61. The van der Waals surface area contributed by atoms with Gasteiger partial charge in [0, 0.05) is 11.0 Å². The van der Waals surface area contributed by atoms with Gasteiger partial charge in [0.05, 0.1) is 10.6 Å². The molecule has 0 spiro atoms. The fraction of sp³-hybridized carbons (Fsp3) is 0.278. The zero-order valence-corrected chi connectivity index (χ0v) is 17.3. The first-order chi connectivity index (χ1) is 12.7. The molecule has 0 radical (unpaired) electrons. The summed E-state index contributed by atoms with van der Waals surface area (Å²) in [5.74, 6) is -0.726. The monoisotopic (exact) mass is 458 g/mol. The molecule has 1 amide bonds. The van der Waals surface area contributed by atoms with Gasteiger partial charge in [0.2, 0.25) is 10.0 Å². The van der Waals surface area contributed by atoms with Crippen LogP contribution in [0.4, 0.5) is 10.1 Å². The minimum Gasteiger partial charge on any atom is -0.483 e. The Morgan fingerprint density at radius 3 is 2.59 bits per heavy atom. The van der Waals surface area contributed by atoms with Crippen LogP contribution in [0.25, 0.3) is 0 Å². The van der Waals surface area contributed by atoms with Crippen molar-refractivity contribution >= 4 is 37.5 Å². The van der Waals surface area contributed by atoms with E-state index in [-0.39, 0.29) is 17.2 Å². The molecule has 2 aromatic rings. The Balaban J connectivity index is 2.00. The van der Waals surface area contributed by atoms with Crippen LogP contribution in [-0.2, 0) is 14.8 Å². The zero-order chi connectivity index (χ0) is 20.0. The lowest BCUT2D eigenvalue weighted by Crippen LogP contribution is -2.24. The number of hydrogen-bond acceptors (Lipinski definition) is 4. The van der Waals surface area contributed by atoms with Crippen LogP contribution >= 0.6 is 15.9 Å². The zero-order valence-electron chi connectivity index (χ0n) is 14.9. The van der Waals surface area contributed by atoms with Crippen molar-refractivity contribution in [3.8, 4) is 5.75 Å². The highest BCUT2D eigenvalue weighted by atomic mass is 79.9. The topological polar surface area (TPSA) is 84.5 Å². The van der Waals surface area contributed by atoms with E-state index in [1.807, 2.05) is 6.92 Å². The van der Waals surface area contributed by atoms with Crippen molar-refractivity contribution in [2.45, 2.75) is 25.2 Å². The van der Waals surface area contributed by atoms with E-state index in [9.17, 15) is 17.6 Å². The van der Waals surface area contributed by atoms with Crippen LogP contribution in [0.5, 0.6) is 5.75 Å². The van der Waals surface area contributed by atoms with Crippen molar-refractivity contribution in [1.29, 1.82) is 0 Å². The molecule has 0 heterocycles. The van der Waals surface area contributed by atoms with Crippen LogP contribution in [0.3, 0.4) is 0 Å². The molecular formula is C18H20BrFN2O4S. The highest BCUT2D eigenvalue weighted by Crippen LogP contribution is 2.22. The number of rotatable bonds is 8. The van der Waals surface area contributed by atoms with Gasteiger partial charge in [-0.2, -0.15) is 0 Å². The Labute approximate surface area is 166 Å². The van der Waals surface area contributed by atoms with Crippen LogP contribution in [0.1, 0.15) is 18.9 Å². The minimum atomic E-state index is -3.57. The molecule has 0 aliphatic carbocycles. The van der Waals surface area contributed by atoms with E-state index in [0.717, 1.165) is 0 Å². The third-order valence-corrected chi connectivity index (χ3v) is 5.51. The molecule has 9 heteroatoms. The molecular weight excluding hydrogens is 439 g/mol. The van der Waals surface area contributed by atoms with Crippen LogP contribution in [0.2, 0.25) is 0 Å². The number of anilines is 1. The van der Waals surface area contributed by atoms with Gasteiger partial charge >= 0.3 is 0 Å². The second-order valence-electron chi connectivity index (χ2n) is 5.79. The molecule has 0 saturated carbocycles. The van der Waals surface area contributed by atoms with Gasteiger partial charge < -0.3 is 10.1 Å². The molecule has 0 bridgehead atoms. The maximum atomic E-state index is 13.7. The molecule has 0 unspecified atom stereocenters. The standard InChI is InChI=1S/C18H20BrFN2O4S/c1-3-8-21-27(24,25)14-5-7-17(12(2)9-14)26-11-18(23)22-16-6-4-13(19)10-15(16)20/h4-7,9-10,21H,3,8,11H2,1-2H3,(H,22,23). The van der Waals surface area contributed by atoms with E-state index in [0.29, 0.717) is 28.8 Å². The van der Waals surface area contributed by atoms with E-state index >= 15 is 0 Å². The van der Waals surface area contributed by atoms with Gasteiger partial charge in [-0.25, -0.2) is 17.5 Å². The first-order valence-corrected chi connectivity index (χ1v) is 10.5. The van der Waals surface area contributed by atoms with Gasteiger partial charge in [0.1, 0.15) is 11.6 Å². The number of hydrogen-bond donors (Lipinski definition) is 2. The lowest BCUT2D eigenvalue weighted by molar-refractivity contribution is -0.118. The molecule has 2 N–H and O–H groups in total. The summed E-state index contributed by atoms with van der Waals surface area (Å²) in [6.45, 7) is 3.57. The van der Waals surface area contributed by atoms with Gasteiger partial charge in [-0.3, -0.25) is 4.79 Å². The second kappa shape index (κ2) is 9.29. The quantitative estimate of drug-likeness (QED) is 0.632. The lowest BCUT2D eigenvalue weighted by atomic mass is 10.2. The number of benzene rings is 2. The second-order valence-corrected chi connectivity index (χ2v) is 8.47. The Morgan fingerprint density at radius 1 is 1.22 bits per heavy atom. The number of sulfonamides is 1. The Kier molecular flexibility index (Phi) is 7.34. The van der Waals surface area contributed by atoms with Gasteiger partial charge in [0.25, 0.3) is 5.91 Å². The first kappa shape index (κ1) is 21.3. The molecule has 0 aliphatic rings. The summed E-state index contributed by atoms with van der Waals surface area (Å²) in [5.41, 5.74) is 0.615. The molecule has 2 rings (SSSR count). The molecule has 146 valence electrons. The normalized spacial score (nSPS) is 11.3. The fourth-order valence-corrected chi connectivity index (χ4v) is 3.74. The Hall–Kier alpha value is -1.97. The van der Waals surface area contributed by atoms with Crippen LogP contribution in [0.15, 0.2) is 45.8 Å². The smallest absolute Gasteiger partial charge is 0.262 e. The predicted octanol–water partition coefficient (Wildman–Crippen LogP) is 3.60. The maximum Gasteiger partial charge on any atom is 0.262 e. The number of amides is 1. The van der Waals surface area contributed by atoms with Crippen LogP contribution < -0.4 is 14.8 Å². The number of nitrogens with one attached hydrogen (secondary N) is 2. The summed E-state index contributed by atoms with van der Waals surface area (Å²) in [6, 6.07) is 8.66. The molecule has 0 atom stereocenters. The molecule has 2 aromatic carbocycles. The summed E-state index contributed by atoms with van der Waals surface area (Å²) in [7, 11) is -3.57. The number of ether oxygens (including phenoxy) is 1. The maximum absolute atomic E-state index is 13.7. The molecule has 0 aromatic heterocycles. The van der Waals surface area contributed by atoms with Crippen LogP contribution in [0, 0.1) is 12.7 Å². The molecule has 0 fully saturated rings. The van der Waals surface area contributed by atoms with E-state index in [2.05, 4.69) is 26.0 Å². The van der Waals surface area contributed by atoms with Gasteiger partial charge in [0.15, 0.2) is 6.61 Å². The van der Waals surface area contributed by atoms with E-state index in [4.69, 9.17) is 4.74 Å². The molecule has 27 heavy (non-hydrogen) atoms. The number of halogens is 2. The van der Waals surface area contributed by atoms with Crippen molar-refractivity contribution < 1.29 is 22.3 Å². The fourth-order valence-electron chi connectivity index (χ4n) is 2.19. The molecule has 0 saturated heterocycles. The van der Waals surface area contributed by atoms with Gasteiger partial charge in [-0.15, -0.1) is 0 Å². The largest absolute Gasteiger partial charge is 0.483 e. The number of aryl methyl sites for hydroxylation is 1. The first-order valence-electron chi connectivity index (χ1n) is 8.21. The average molecular weight is 459 g/mol. The summed E-state index contributed by atoms with van der Waals surface area (Å²) in [6.07, 6.45) is 0.688. The number of carbonyl (C=O) groups excluding carboxylic acids is 1. The van der Waals surface area contributed by atoms with Crippen molar-refractivity contribution in [2.24, 2.45) is 0 Å². The summed E-state index contributed by atoms with van der Waals surface area (Å²) < 4.78 is 46.5. The van der Waals surface area contributed by atoms with Gasteiger partial charge in [-0.1, -0.05) is 22.9 Å². The van der Waals surface area contributed by atoms with Crippen molar-refractivity contribution in [1.82, 2.24) is 4.72 Å². The van der Waals surface area contributed by atoms with E-state index in [1.165, 1.54) is 30.3 Å². The van der Waals surface area contributed by atoms with Crippen molar-refractivity contribution in [3.63, 3.8) is 0 Å². The Bertz CT molecular complexity index is 935. The Morgan fingerprint density at radius 2 is 1.96 bits per heavy atom. The minimum absolute atomic E-state index is 0.0481. The van der Waals surface area contributed by atoms with Gasteiger partial charge in [-0.05, 0) is 55.3 Å². The SMILES string of the molecule is CCCNS(=O)(=O)c1ccc(OCC(=O)Nc2ccc(Br)cc2F)c(C)c1. The van der Waals surface area contributed by atoms with Crippen molar-refractivity contribution in [3.05, 3.63) is 52.3 Å². The summed E-state index contributed by atoms with van der Waals surface area (Å²) >= 11 is 3.14. The summed E-state index contributed by atoms with van der Waals surface area (Å²) in [5, 5.41) is 2.42. The van der Waals surface area contributed by atoms with Crippen LogP contribution in [-0.4, -0.2) is 27.5 Å². The van der Waals surface area contributed by atoms with E-state index in [1.54, 1.807) is 13.0 Å². The summed E-state index contributed by atoms with van der Waals surface area (Å²) in [4.78, 5) is 12.1. The third kappa shape index (κ3) is 6.02.